The number of rotatable bonds is 5. The molecule has 1 amide bonds. The minimum Gasteiger partial charge on any atom is -0.378 e. The summed E-state index contributed by atoms with van der Waals surface area (Å²) in [7, 11) is 3.94. The van der Waals surface area contributed by atoms with E-state index in [-0.39, 0.29) is 11.9 Å². The number of carbonyl (C=O) groups excluding carboxylic acids is 1. The molecule has 22 heavy (non-hydrogen) atoms. The molecule has 0 saturated carbocycles. The lowest BCUT2D eigenvalue weighted by atomic mass is 10.2. The van der Waals surface area contributed by atoms with Gasteiger partial charge >= 0.3 is 0 Å². The first-order valence-electron chi connectivity index (χ1n) is 7.14. The van der Waals surface area contributed by atoms with Crippen molar-refractivity contribution in [1.82, 2.24) is 9.97 Å². The van der Waals surface area contributed by atoms with Crippen LogP contribution >= 0.6 is 0 Å². The van der Waals surface area contributed by atoms with Crippen LogP contribution in [0.5, 0.6) is 0 Å². The van der Waals surface area contributed by atoms with E-state index in [1.807, 2.05) is 57.1 Å². The molecule has 0 bridgehead atoms. The highest BCUT2D eigenvalue weighted by atomic mass is 16.1. The van der Waals surface area contributed by atoms with E-state index in [4.69, 9.17) is 0 Å². The third-order valence-electron chi connectivity index (χ3n) is 2.95. The topological polar surface area (TPSA) is 70.2 Å². The average Bonchev–Trinajstić information content (AvgIpc) is 2.47. The molecule has 0 aliphatic heterocycles. The summed E-state index contributed by atoms with van der Waals surface area (Å²) in [5, 5.41) is 5.91. The first-order chi connectivity index (χ1) is 10.5. The van der Waals surface area contributed by atoms with Gasteiger partial charge in [0.05, 0.1) is 0 Å². The maximum atomic E-state index is 12.2. The predicted octanol–water partition coefficient (Wildman–Crippen LogP) is 2.62. The quantitative estimate of drug-likeness (QED) is 0.888. The molecule has 2 aromatic rings. The van der Waals surface area contributed by atoms with E-state index in [9.17, 15) is 4.79 Å². The van der Waals surface area contributed by atoms with Gasteiger partial charge in [-0.3, -0.25) is 4.79 Å². The Balaban J connectivity index is 2.08. The number of hydrogen-bond acceptors (Lipinski definition) is 5. The van der Waals surface area contributed by atoms with Gasteiger partial charge < -0.3 is 15.5 Å². The van der Waals surface area contributed by atoms with Gasteiger partial charge in [0.2, 0.25) is 5.95 Å². The van der Waals surface area contributed by atoms with Gasteiger partial charge in [-0.05, 0) is 44.2 Å². The van der Waals surface area contributed by atoms with Crippen molar-refractivity contribution in [1.29, 1.82) is 0 Å². The molecule has 6 heteroatoms. The molecule has 0 radical (unpaired) electrons. The fraction of sp³-hybridized carbons (Fsp3) is 0.312. The fourth-order valence-corrected chi connectivity index (χ4v) is 1.85. The smallest absolute Gasteiger partial charge is 0.274 e. The van der Waals surface area contributed by atoms with Crippen LogP contribution in [0.1, 0.15) is 24.3 Å². The number of nitrogens with one attached hydrogen (secondary N) is 2. The maximum absolute atomic E-state index is 12.2. The van der Waals surface area contributed by atoms with E-state index in [1.165, 1.54) is 0 Å². The summed E-state index contributed by atoms with van der Waals surface area (Å²) in [6, 6.07) is 9.41. The third kappa shape index (κ3) is 4.18. The Kier molecular flexibility index (Phi) is 4.93. The highest BCUT2D eigenvalue weighted by Gasteiger charge is 2.10. The zero-order valence-corrected chi connectivity index (χ0v) is 13.3. The van der Waals surface area contributed by atoms with Crippen LogP contribution in [0.25, 0.3) is 0 Å². The zero-order chi connectivity index (χ0) is 16.1. The number of aromatic nitrogens is 2. The lowest BCUT2D eigenvalue weighted by molar-refractivity contribution is 0.102. The van der Waals surface area contributed by atoms with Crippen molar-refractivity contribution in [3.63, 3.8) is 0 Å². The second kappa shape index (κ2) is 6.89. The molecule has 0 unspecified atom stereocenters. The molecule has 1 heterocycles. The maximum Gasteiger partial charge on any atom is 0.274 e. The molecule has 0 aliphatic carbocycles. The highest BCUT2D eigenvalue weighted by molar-refractivity contribution is 6.03. The minimum absolute atomic E-state index is 0.205. The Morgan fingerprint density at radius 1 is 1.14 bits per heavy atom. The minimum atomic E-state index is -0.258. The van der Waals surface area contributed by atoms with Crippen molar-refractivity contribution in [3.05, 3.63) is 42.2 Å². The van der Waals surface area contributed by atoms with Gasteiger partial charge in [0.15, 0.2) is 0 Å². The molecule has 2 N–H and O–H groups in total. The lowest BCUT2D eigenvalue weighted by Crippen LogP contribution is -2.17. The van der Waals surface area contributed by atoms with Gasteiger partial charge in [0, 0.05) is 37.7 Å². The number of nitrogens with zero attached hydrogens (tertiary/aromatic N) is 3. The first kappa shape index (κ1) is 15.8. The van der Waals surface area contributed by atoms with Gasteiger partial charge in [0.25, 0.3) is 5.91 Å². The normalized spacial score (nSPS) is 10.4. The van der Waals surface area contributed by atoms with E-state index >= 15 is 0 Å². The number of hydrogen-bond donors (Lipinski definition) is 2. The second-order valence-corrected chi connectivity index (χ2v) is 5.46. The van der Waals surface area contributed by atoms with Crippen LogP contribution in [0.15, 0.2) is 36.5 Å². The summed E-state index contributed by atoms with van der Waals surface area (Å²) in [6.07, 6.45) is 1.57. The molecule has 0 aliphatic rings. The Morgan fingerprint density at radius 2 is 1.82 bits per heavy atom. The number of anilines is 3. The molecule has 2 rings (SSSR count). The summed E-state index contributed by atoms with van der Waals surface area (Å²) >= 11 is 0. The summed E-state index contributed by atoms with van der Waals surface area (Å²) in [5.74, 6) is 0.192. The first-order valence-corrected chi connectivity index (χ1v) is 7.14. The largest absolute Gasteiger partial charge is 0.378 e. The molecule has 1 aromatic heterocycles. The van der Waals surface area contributed by atoms with Crippen molar-refractivity contribution in [2.24, 2.45) is 0 Å². The van der Waals surface area contributed by atoms with Crippen molar-refractivity contribution in [3.8, 4) is 0 Å². The summed E-state index contributed by atoms with van der Waals surface area (Å²) in [4.78, 5) is 22.5. The molecule has 0 spiro atoms. The van der Waals surface area contributed by atoms with Crippen LogP contribution in [-0.4, -0.2) is 36.0 Å². The molecule has 116 valence electrons. The molecule has 0 saturated heterocycles. The van der Waals surface area contributed by atoms with Crippen molar-refractivity contribution in [2.45, 2.75) is 19.9 Å². The molecule has 0 atom stereocenters. The van der Waals surface area contributed by atoms with Crippen LogP contribution in [0.3, 0.4) is 0 Å². The molecular weight excluding hydrogens is 278 g/mol. The summed E-state index contributed by atoms with van der Waals surface area (Å²) in [6.45, 7) is 3.98. The van der Waals surface area contributed by atoms with Gasteiger partial charge in [-0.25, -0.2) is 9.97 Å². The molecule has 0 fully saturated rings. The third-order valence-corrected chi connectivity index (χ3v) is 2.95. The summed E-state index contributed by atoms with van der Waals surface area (Å²) < 4.78 is 0. The standard InChI is InChI=1S/C16H21N5O/c1-11(2)18-16-17-10-9-14(20-16)15(22)19-12-5-7-13(8-6-12)21(3)4/h5-11H,1-4H3,(H,19,22)(H,17,18,20). The van der Waals surface area contributed by atoms with E-state index < -0.39 is 0 Å². The summed E-state index contributed by atoms with van der Waals surface area (Å²) in [5.41, 5.74) is 2.13. The number of amides is 1. The fourth-order valence-electron chi connectivity index (χ4n) is 1.85. The SMILES string of the molecule is CC(C)Nc1nccc(C(=O)Nc2ccc(N(C)C)cc2)n1. The van der Waals surface area contributed by atoms with Crippen LogP contribution in [0.2, 0.25) is 0 Å². The predicted molar refractivity (Wildman–Crippen MR) is 89.5 cm³/mol. The Labute approximate surface area is 130 Å². The number of benzene rings is 1. The van der Waals surface area contributed by atoms with Gasteiger partial charge in [-0.2, -0.15) is 0 Å². The van der Waals surface area contributed by atoms with Crippen molar-refractivity contribution < 1.29 is 4.79 Å². The Morgan fingerprint density at radius 3 is 2.41 bits per heavy atom. The highest BCUT2D eigenvalue weighted by Crippen LogP contribution is 2.16. The Bertz CT molecular complexity index is 637. The van der Waals surface area contributed by atoms with E-state index in [0.29, 0.717) is 11.6 Å². The van der Waals surface area contributed by atoms with Crippen molar-refractivity contribution >= 4 is 23.2 Å². The van der Waals surface area contributed by atoms with E-state index in [2.05, 4.69) is 20.6 Å². The Hall–Kier alpha value is -2.63. The van der Waals surface area contributed by atoms with E-state index in [0.717, 1.165) is 11.4 Å². The zero-order valence-electron chi connectivity index (χ0n) is 13.3. The van der Waals surface area contributed by atoms with Gasteiger partial charge in [-0.1, -0.05) is 0 Å². The monoisotopic (exact) mass is 299 g/mol. The van der Waals surface area contributed by atoms with Crippen LogP contribution in [0, 0.1) is 0 Å². The van der Waals surface area contributed by atoms with Gasteiger partial charge in [0.1, 0.15) is 5.69 Å². The molecular formula is C16H21N5O. The van der Waals surface area contributed by atoms with Crippen LogP contribution in [0.4, 0.5) is 17.3 Å². The van der Waals surface area contributed by atoms with Crippen molar-refractivity contribution in [2.75, 3.05) is 29.6 Å². The second-order valence-electron chi connectivity index (χ2n) is 5.46. The molecule has 1 aromatic carbocycles. The van der Waals surface area contributed by atoms with Gasteiger partial charge in [-0.15, -0.1) is 0 Å². The van der Waals surface area contributed by atoms with Crippen LogP contribution < -0.4 is 15.5 Å². The lowest BCUT2D eigenvalue weighted by Gasteiger charge is -2.13. The van der Waals surface area contributed by atoms with Crippen LogP contribution in [-0.2, 0) is 0 Å². The van der Waals surface area contributed by atoms with E-state index in [1.54, 1.807) is 12.3 Å². The average molecular weight is 299 g/mol. The number of carbonyl (C=O) groups is 1. The molecule has 6 nitrogen and oxygen atoms in total.